The van der Waals surface area contributed by atoms with Gasteiger partial charge < -0.3 is 9.84 Å². The van der Waals surface area contributed by atoms with Gasteiger partial charge in [-0.3, -0.25) is 0 Å². The number of aliphatic hydroxyl groups is 1. The quantitative estimate of drug-likeness (QED) is 0.732. The number of hydrogen-bond acceptors (Lipinski definition) is 5. The van der Waals surface area contributed by atoms with E-state index in [0.29, 0.717) is 0 Å². The fourth-order valence-corrected chi connectivity index (χ4v) is 1.64. The molecular weight excluding hydrogens is 222 g/mol. The number of amides is 1. The van der Waals surface area contributed by atoms with E-state index in [-0.39, 0.29) is 18.8 Å². The van der Waals surface area contributed by atoms with Crippen molar-refractivity contribution in [3.63, 3.8) is 0 Å². The zero-order chi connectivity index (χ0) is 12.1. The highest BCUT2D eigenvalue weighted by atomic mass is 32.2. The Bertz CT molecular complexity index is 303. The zero-order valence-electron chi connectivity index (χ0n) is 9.11. The summed E-state index contributed by atoms with van der Waals surface area (Å²) in [5.74, 6) is -0.303. The molecule has 0 aromatic carbocycles. The minimum absolute atomic E-state index is 0.0815. The Balaban J connectivity index is 4.17. The van der Waals surface area contributed by atoms with E-state index < -0.39 is 21.7 Å². The lowest BCUT2D eigenvalue weighted by Gasteiger charge is -2.19. The Hall–Kier alpha value is -0.820. The molecule has 0 rings (SSSR count). The monoisotopic (exact) mass is 239 g/mol. The molecule has 0 aliphatic rings. The fourth-order valence-electron chi connectivity index (χ4n) is 0.731. The van der Waals surface area contributed by atoms with Crippen molar-refractivity contribution in [2.24, 2.45) is 0 Å². The van der Waals surface area contributed by atoms with Gasteiger partial charge in [0.05, 0.1) is 5.75 Å². The first kappa shape index (κ1) is 14.2. The number of rotatable bonds is 4. The van der Waals surface area contributed by atoms with Crippen molar-refractivity contribution in [3.05, 3.63) is 0 Å². The second kappa shape index (κ2) is 5.32. The number of sulfonamides is 1. The Labute approximate surface area is 89.7 Å². The topological polar surface area (TPSA) is 92.7 Å². The van der Waals surface area contributed by atoms with Crippen LogP contribution in [-0.2, 0) is 14.8 Å². The predicted octanol–water partition coefficient (Wildman–Crippen LogP) is 0.223. The fraction of sp³-hybridized carbons (Fsp3) is 0.875. The van der Waals surface area contributed by atoms with Gasteiger partial charge in [-0.2, -0.15) is 0 Å². The lowest BCUT2D eigenvalue weighted by atomic mass is 10.2. The first-order chi connectivity index (χ1) is 6.66. The van der Waals surface area contributed by atoms with Gasteiger partial charge >= 0.3 is 6.09 Å². The second-order valence-electron chi connectivity index (χ2n) is 4.00. The zero-order valence-corrected chi connectivity index (χ0v) is 9.93. The molecule has 0 saturated heterocycles. The van der Waals surface area contributed by atoms with E-state index in [4.69, 9.17) is 9.84 Å². The molecule has 0 spiro atoms. The van der Waals surface area contributed by atoms with Gasteiger partial charge in [0.2, 0.25) is 10.0 Å². The summed E-state index contributed by atoms with van der Waals surface area (Å²) in [4.78, 5) is 11.1. The van der Waals surface area contributed by atoms with Crippen LogP contribution in [0.1, 0.15) is 27.2 Å². The molecule has 0 bridgehead atoms. The van der Waals surface area contributed by atoms with Crippen LogP contribution in [0, 0.1) is 0 Å². The van der Waals surface area contributed by atoms with Crippen LogP contribution in [-0.4, -0.2) is 37.6 Å². The van der Waals surface area contributed by atoms with Crippen LogP contribution in [0.3, 0.4) is 0 Å². The molecule has 0 atom stereocenters. The van der Waals surface area contributed by atoms with E-state index in [2.05, 4.69) is 0 Å². The third-order valence-electron chi connectivity index (χ3n) is 1.21. The first-order valence-corrected chi connectivity index (χ1v) is 6.16. The van der Waals surface area contributed by atoms with E-state index in [9.17, 15) is 13.2 Å². The maximum absolute atomic E-state index is 11.2. The average Bonchev–Trinajstić information content (AvgIpc) is 1.95. The predicted molar refractivity (Wildman–Crippen MR) is 54.9 cm³/mol. The van der Waals surface area contributed by atoms with E-state index in [0.717, 1.165) is 0 Å². The van der Waals surface area contributed by atoms with Gasteiger partial charge in [0, 0.05) is 6.61 Å². The number of carbonyl (C=O) groups excluding carboxylic acids is 1. The van der Waals surface area contributed by atoms with Crippen molar-refractivity contribution in [3.8, 4) is 0 Å². The minimum Gasteiger partial charge on any atom is -0.443 e. The molecule has 2 N–H and O–H groups in total. The SMILES string of the molecule is CC(C)(C)OC(=O)NS(=O)(=O)CCCO. The Kier molecular flexibility index (Phi) is 5.02. The van der Waals surface area contributed by atoms with E-state index in [1.165, 1.54) is 0 Å². The van der Waals surface area contributed by atoms with Crippen LogP contribution in [0.25, 0.3) is 0 Å². The molecule has 0 saturated carbocycles. The molecule has 7 heteroatoms. The third-order valence-corrected chi connectivity index (χ3v) is 2.51. The number of nitrogens with one attached hydrogen (secondary N) is 1. The normalized spacial score (nSPS) is 12.3. The summed E-state index contributed by atoms with van der Waals surface area (Å²) in [6.45, 7) is 4.65. The summed E-state index contributed by atoms with van der Waals surface area (Å²) in [6, 6.07) is 0. The highest BCUT2D eigenvalue weighted by Crippen LogP contribution is 2.06. The van der Waals surface area contributed by atoms with Crippen molar-refractivity contribution in [1.82, 2.24) is 4.72 Å². The van der Waals surface area contributed by atoms with Gasteiger partial charge in [-0.1, -0.05) is 0 Å². The molecule has 0 heterocycles. The molecule has 0 radical (unpaired) electrons. The maximum atomic E-state index is 11.2. The smallest absolute Gasteiger partial charge is 0.421 e. The van der Waals surface area contributed by atoms with E-state index in [1.807, 2.05) is 0 Å². The van der Waals surface area contributed by atoms with Crippen LogP contribution in [0.15, 0.2) is 0 Å². The molecule has 0 fully saturated rings. The maximum Gasteiger partial charge on any atom is 0.421 e. The standard InChI is InChI=1S/C8H17NO5S/c1-8(2,3)14-7(11)9-15(12,13)6-4-5-10/h10H,4-6H2,1-3H3,(H,9,11). The largest absolute Gasteiger partial charge is 0.443 e. The molecule has 6 nitrogen and oxygen atoms in total. The summed E-state index contributed by atoms with van der Waals surface area (Å²) < 4.78 is 28.8. The molecule has 90 valence electrons. The van der Waals surface area contributed by atoms with Crippen LogP contribution in [0.4, 0.5) is 4.79 Å². The van der Waals surface area contributed by atoms with Crippen LogP contribution in [0.5, 0.6) is 0 Å². The minimum atomic E-state index is -3.70. The van der Waals surface area contributed by atoms with Gasteiger partial charge in [0.15, 0.2) is 0 Å². The summed E-state index contributed by atoms with van der Waals surface area (Å²) in [5.41, 5.74) is -0.740. The number of ether oxygens (including phenoxy) is 1. The molecule has 15 heavy (non-hydrogen) atoms. The Morgan fingerprint density at radius 2 is 1.93 bits per heavy atom. The molecule has 0 aromatic rings. The van der Waals surface area contributed by atoms with Crippen molar-refractivity contribution >= 4 is 16.1 Å². The number of carbonyl (C=O) groups is 1. The number of aliphatic hydroxyl groups excluding tert-OH is 1. The third kappa shape index (κ3) is 8.19. The molecule has 1 amide bonds. The molecule has 0 aliphatic carbocycles. The first-order valence-electron chi connectivity index (χ1n) is 4.50. The van der Waals surface area contributed by atoms with E-state index in [1.54, 1.807) is 25.5 Å². The van der Waals surface area contributed by atoms with Crippen LogP contribution >= 0.6 is 0 Å². The molecular formula is C8H17NO5S. The Morgan fingerprint density at radius 1 is 1.40 bits per heavy atom. The van der Waals surface area contributed by atoms with Gasteiger partial charge in [-0.25, -0.2) is 17.9 Å². The number of hydrogen-bond donors (Lipinski definition) is 2. The second-order valence-corrected chi connectivity index (χ2v) is 5.84. The van der Waals surface area contributed by atoms with Crippen molar-refractivity contribution in [2.45, 2.75) is 32.8 Å². The Morgan fingerprint density at radius 3 is 2.33 bits per heavy atom. The highest BCUT2D eigenvalue weighted by Gasteiger charge is 2.20. The summed E-state index contributed by atoms with van der Waals surface area (Å²) in [5, 5.41) is 8.44. The lowest BCUT2D eigenvalue weighted by molar-refractivity contribution is 0.0570. The van der Waals surface area contributed by atoms with Crippen LogP contribution in [0.2, 0.25) is 0 Å². The summed E-state index contributed by atoms with van der Waals surface area (Å²) in [7, 11) is -3.70. The lowest BCUT2D eigenvalue weighted by Crippen LogP contribution is -2.37. The highest BCUT2D eigenvalue weighted by molar-refractivity contribution is 7.90. The molecule has 0 aliphatic heterocycles. The van der Waals surface area contributed by atoms with Crippen molar-refractivity contribution < 1.29 is 23.1 Å². The van der Waals surface area contributed by atoms with E-state index >= 15 is 0 Å². The van der Waals surface area contributed by atoms with Gasteiger partial charge in [0.1, 0.15) is 5.60 Å². The van der Waals surface area contributed by atoms with Crippen LogP contribution < -0.4 is 4.72 Å². The van der Waals surface area contributed by atoms with Gasteiger partial charge in [-0.15, -0.1) is 0 Å². The van der Waals surface area contributed by atoms with Gasteiger partial charge in [-0.05, 0) is 27.2 Å². The summed E-state index contributed by atoms with van der Waals surface area (Å²) in [6.07, 6.45) is -0.918. The van der Waals surface area contributed by atoms with Crippen molar-refractivity contribution in [1.29, 1.82) is 0 Å². The molecule has 0 aromatic heterocycles. The average molecular weight is 239 g/mol. The van der Waals surface area contributed by atoms with Gasteiger partial charge in [0.25, 0.3) is 0 Å². The van der Waals surface area contributed by atoms with Crippen molar-refractivity contribution in [2.75, 3.05) is 12.4 Å². The summed E-state index contributed by atoms with van der Waals surface area (Å²) >= 11 is 0. The molecule has 0 unspecified atom stereocenters.